The predicted octanol–water partition coefficient (Wildman–Crippen LogP) is 2.54. The topological polar surface area (TPSA) is 66.7 Å². The maximum absolute atomic E-state index is 12.5. The van der Waals surface area contributed by atoms with Crippen molar-refractivity contribution in [3.8, 4) is 0 Å². The highest BCUT2D eigenvalue weighted by Gasteiger charge is 2.23. The van der Waals surface area contributed by atoms with Crippen molar-refractivity contribution in [1.29, 1.82) is 0 Å². The van der Waals surface area contributed by atoms with Crippen LogP contribution >= 0.6 is 0 Å². The first kappa shape index (κ1) is 17.5. The summed E-state index contributed by atoms with van der Waals surface area (Å²) >= 11 is 0. The van der Waals surface area contributed by atoms with E-state index in [1.165, 1.54) is 0 Å². The number of hydrogen-bond acceptors (Lipinski definition) is 4. The van der Waals surface area contributed by atoms with Crippen LogP contribution in [0.15, 0.2) is 22.6 Å². The van der Waals surface area contributed by atoms with Crippen molar-refractivity contribution in [2.75, 3.05) is 26.2 Å². The molecule has 0 saturated carbocycles. The Morgan fingerprint density at radius 1 is 1.12 bits per heavy atom. The molecule has 0 bridgehead atoms. The van der Waals surface area contributed by atoms with Crippen molar-refractivity contribution in [2.45, 2.75) is 39.5 Å². The second kappa shape index (κ2) is 7.68. The highest BCUT2D eigenvalue weighted by atomic mass is 16.3. The summed E-state index contributed by atoms with van der Waals surface area (Å²) in [5, 5.41) is 0. The summed E-state index contributed by atoms with van der Waals surface area (Å²) in [6.45, 7) is 6.39. The molecule has 0 unspecified atom stereocenters. The summed E-state index contributed by atoms with van der Waals surface area (Å²) in [5.74, 6) is 0.929. The van der Waals surface area contributed by atoms with Gasteiger partial charge in [-0.2, -0.15) is 0 Å². The summed E-state index contributed by atoms with van der Waals surface area (Å²) in [5.41, 5.74) is 2.46. The van der Waals surface area contributed by atoms with E-state index in [1.807, 2.05) is 34.9 Å². The molecule has 6 heteroatoms. The van der Waals surface area contributed by atoms with Crippen LogP contribution in [0.5, 0.6) is 0 Å². The zero-order valence-corrected chi connectivity index (χ0v) is 15.0. The molecule has 1 aromatic heterocycles. The summed E-state index contributed by atoms with van der Waals surface area (Å²) in [6, 6.07) is 5.70. The zero-order chi connectivity index (χ0) is 17.8. The van der Waals surface area contributed by atoms with Crippen molar-refractivity contribution < 1.29 is 14.0 Å². The molecule has 0 atom stereocenters. The Kier molecular flexibility index (Phi) is 5.36. The van der Waals surface area contributed by atoms with Gasteiger partial charge in [-0.1, -0.05) is 19.4 Å². The summed E-state index contributed by atoms with van der Waals surface area (Å²) in [6.07, 6.45) is 2.92. The summed E-state index contributed by atoms with van der Waals surface area (Å²) in [4.78, 5) is 32.6. The average molecular weight is 343 g/mol. The lowest BCUT2D eigenvalue weighted by atomic mass is 10.1. The number of piperazine rings is 1. The van der Waals surface area contributed by atoms with Crippen molar-refractivity contribution in [3.63, 3.8) is 0 Å². The molecule has 134 valence electrons. The van der Waals surface area contributed by atoms with Gasteiger partial charge < -0.3 is 14.2 Å². The zero-order valence-electron chi connectivity index (χ0n) is 15.0. The molecule has 0 spiro atoms. The smallest absolute Gasteiger partial charge is 0.227 e. The molecule has 1 saturated heterocycles. The molecule has 6 nitrogen and oxygen atoms in total. The third-order valence-electron chi connectivity index (χ3n) is 4.64. The number of carbonyl (C=O) groups excluding carboxylic acids is 2. The highest BCUT2D eigenvalue weighted by Crippen LogP contribution is 2.18. The molecule has 2 aromatic rings. The molecule has 2 amide bonds. The molecule has 3 rings (SSSR count). The van der Waals surface area contributed by atoms with Crippen LogP contribution in [0.2, 0.25) is 0 Å². The fourth-order valence-corrected chi connectivity index (χ4v) is 3.17. The minimum Gasteiger partial charge on any atom is -0.441 e. The largest absolute Gasteiger partial charge is 0.441 e. The maximum Gasteiger partial charge on any atom is 0.227 e. The molecule has 2 heterocycles. The number of benzene rings is 1. The van der Waals surface area contributed by atoms with Crippen molar-refractivity contribution in [2.24, 2.45) is 0 Å². The minimum atomic E-state index is 0.0937. The number of fused-ring (bicyclic) bond motifs is 1. The number of unbranched alkanes of at least 4 members (excludes halogenated alkanes) is 1. The second-order valence-electron chi connectivity index (χ2n) is 6.58. The average Bonchev–Trinajstić information content (AvgIpc) is 2.99. The molecule has 25 heavy (non-hydrogen) atoms. The van der Waals surface area contributed by atoms with Gasteiger partial charge in [0.25, 0.3) is 0 Å². The molecule has 1 aliphatic rings. The van der Waals surface area contributed by atoms with E-state index in [0.29, 0.717) is 50.5 Å². The number of carbonyl (C=O) groups is 2. The Bertz CT molecular complexity index is 760. The van der Waals surface area contributed by atoms with E-state index >= 15 is 0 Å². The van der Waals surface area contributed by atoms with E-state index in [-0.39, 0.29) is 11.8 Å². The normalized spacial score (nSPS) is 15.0. The van der Waals surface area contributed by atoms with Gasteiger partial charge in [-0.3, -0.25) is 9.59 Å². The summed E-state index contributed by atoms with van der Waals surface area (Å²) < 4.78 is 5.53. The number of aryl methyl sites for hydroxylation is 1. The molecule has 0 N–H and O–H groups in total. The Labute approximate surface area is 147 Å². The van der Waals surface area contributed by atoms with Gasteiger partial charge >= 0.3 is 0 Å². The van der Waals surface area contributed by atoms with Crippen LogP contribution in [-0.2, 0) is 16.0 Å². The van der Waals surface area contributed by atoms with E-state index in [0.717, 1.165) is 23.9 Å². The molecule has 1 fully saturated rings. The number of hydrogen-bond donors (Lipinski definition) is 0. The standard InChI is InChI=1S/C19H25N3O3/c1-3-4-5-18(23)21-8-10-22(11-9-21)19(24)13-15-6-7-16-17(12-15)25-14(2)20-16/h6-7,12H,3-5,8-11,13H2,1-2H3. The van der Waals surface area contributed by atoms with Gasteiger partial charge in [-0.25, -0.2) is 4.98 Å². The van der Waals surface area contributed by atoms with Crippen LogP contribution in [0.4, 0.5) is 0 Å². The quantitative estimate of drug-likeness (QED) is 0.837. The Morgan fingerprint density at radius 3 is 2.48 bits per heavy atom. The Hall–Kier alpha value is -2.37. The fourth-order valence-electron chi connectivity index (χ4n) is 3.17. The van der Waals surface area contributed by atoms with Crippen molar-refractivity contribution in [3.05, 3.63) is 29.7 Å². The number of aromatic nitrogens is 1. The molecule has 1 aromatic carbocycles. The lowest BCUT2D eigenvalue weighted by Gasteiger charge is -2.35. The molecular weight excluding hydrogens is 318 g/mol. The van der Waals surface area contributed by atoms with E-state index in [9.17, 15) is 9.59 Å². The first-order valence-electron chi connectivity index (χ1n) is 8.98. The molecular formula is C19H25N3O3. The van der Waals surface area contributed by atoms with E-state index in [2.05, 4.69) is 11.9 Å². The number of oxazole rings is 1. The van der Waals surface area contributed by atoms with Crippen LogP contribution in [0.3, 0.4) is 0 Å². The SMILES string of the molecule is CCCCC(=O)N1CCN(C(=O)Cc2ccc3nc(C)oc3c2)CC1. The van der Waals surface area contributed by atoms with Gasteiger partial charge in [0.15, 0.2) is 11.5 Å². The van der Waals surface area contributed by atoms with Gasteiger partial charge in [0.2, 0.25) is 11.8 Å². The first-order chi connectivity index (χ1) is 12.1. The van der Waals surface area contributed by atoms with Crippen LogP contribution in [0.1, 0.15) is 37.6 Å². The summed E-state index contributed by atoms with van der Waals surface area (Å²) in [7, 11) is 0. The van der Waals surface area contributed by atoms with Gasteiger partial charge in [-0.15, -0.1) is 0 Å². The minimum absolute atomic E-state index is 0.0937. The first-order valence-corrected chi connectivity index (χ1v) is 8.98. The number of rotatable bonds is 5. The maximum atomic E-state index is 12.5. The lowest BCUT2D eigenvalue weighted by Crippen LogP contribution is -2.50. The van der Waals surface area contributed by atoms with Crippen LogP contribution in [0, 0.1) is 6.92 Å². The predicted molar refractivity (Wildman–Crippen MR) is 95.1 cm³/mol. The third-order valence-corrected chi connectivity index (χ3v) is 4.64. The monoisotopic (exact) mass is 343 g/mol. The van der Waals surface area contributed by atoms with Gasteiger partial charge in [-0.05, 0) is 24.1 Å². The molecule has 1 aliphatic heterocycles. The Morgan fingerprint density at radius 2 is 1.80 bits per heavy atom. The third kappa shape index (κ3) is 4.18. The molecule has 0 radical (unpaired) electrons. The van der Waals surface area contributed by atoms with Gasteiger partial charge in [0.1, 0.15) is 5.52 Å². The molecule has 0 aliphatic carbocycles. The highest BCUT2D eigenvalue weighted by molar-refractivity contribution is 5.82. The second-order valence-corrected chi connectivity index (χ2v) is 6.58. The van der Waals surface area contributed by atoms with E-state index in [1.54, 1.807) is 0 Å². The number of nitrogens with zero attached hydrogens (tertiary/aromatic N) is 3. The lowest BCUT2D eigenvalue weighted by molar-refractivity contribution is -0.139. The van der Waals surface area contributed by atoms with Crippen LogP contribution in [0.25, 0.3) is 11.1 Å². The van der Waals surface area contributed by atoms with Crippen LogP contribution in [-0.4, -0.2) is 52.8 Å². The number of amides is 2. The van der Waals surface area contributed by atoms with Crippen molar-refractivity contribution in [1.82, 2.24) is 14.8 Å². The Balaban J connectivity index is 1.54. The van der Waals surface area contributed by atoms with Gasteiger partial charge in [0, 0.05) is 39.5 Å². The van der Waals surface area contributed by atoms with Crippen molar-refractivity contribution >= 4 is 22.9 Å². The van der Waals surface area contributed by atoms with E-state index in [4.69, 9.17) is 4.42 Å². The van der Waals surface area contributed by atoms with Gasteiger partial charge in [0.05, 0.1) is 6.42 Å². The van der Waals surface area contributed by atoms with E-state index < -0.39 is 0 Å². The fraction of sp³-hybridized carbons (Fsp3) is 0.526. The van der Waals surface area contributed by atoms with Crippen LogP contribution < -0.4 is 0 Å².